The van der Waals surface area contributed by atoms with Crippen LogP contribution in [0.15, 0.2) is 88.8 Å². The summed E-state index contributed by atoms with van der Waals surface area (Å²) >= 11 is 0. The molecule has 192 valence electrons. The molecule has 1 unspecified atom stereocenters. The Bertz CT molecular complexity index is 1530. The third-order valence-corrected chi connectivity index (χ3v) is 9.22. The zero-order chi connectivity index (χ0) is 26.0. The highest BCUT2D eigenvalue weighted by Gasteiger charge is 2.28. The molecule has 3 aromatic carbocycles. The van der Waals surface area contributed by atoms with Crippen molar-refractivity contribution < 1.29 is 21.4 Å². The van der Waals surface area contributed by atoms with Crippen LogP contribution in [-0.4, -0.2) is 53.0 Å². The number of pyridine rings is 1. The Morgan fingerprint density at radius 1 is 0.892 bits per heavy atom. The number of benzene rings is 3. The Morgan fingerprint density at radius 2 is 1.57 bits per heavy atom. The van der Waals surface area contributed by atoms with E-state index in [2.05, 4.69) is 9.71 Å². The second kappa shape index (κ2) is 10.6. The van der Waals surface area contributed by atoms with Gasteiger partial charge in [0.25, 0.3) is 0 Å². The molecule has 0 saturated carbocycles. The van der Waals surface area contributed by atoms with Gasteiger partial charge in [0.15, 0.2) is 11.0 Å². The maximum atomic E-state index is 13.5. The first kappa shape index (κ1) is 25.4. The van der Waals surface area contributed by atoms with Gasteiger partial charge >= 0.3 is 0 Å². The maximum Gasteiger partial charge on any atom is 0.243 e. The molecule has 1 N–H and O–H groups in total. The summed E-state index contributed by atoms with van der Waals surface area (Å²) in [5.41, 5.74) is 1.66. The van der Waals surface area contributed by atoms with E-state index in [0.717, 1.165) is 11.5 Å². The van der Waals surface area contributed by atoms with Crippen molar-refractivity contribution in [1.82, 2.24) is 14.2 Å². The molecular weight excluding hydrogens is 518 g/mol. The molecular formula is C26H24F2N4O3S2. The topological polar surface area (TPSA) is 82.6 Å². The second-order valence-electron chi connectivity index (χ2n) is 8.68. The summed E-state index contributed by atoms with van der Waals surface area (Å²) in [6.07, 6.45) is 1.64. The lowest BCUT2D eigenvalue weighted by Gasteiger charge is -2.34. The van der Waals surface area contributed by atoms with Crippen molar-refractivity contribution in [1.29, 1.82) is 0 Å². The number of sulfonamides is 1. The minimum atomic E-state index is -3.72. The second-order valence-corrected chi connectivity index (χ2v) is 11.8. The first-order valence-electron chi connectivity index (χ1n) is 11.6. The summed E-state index contributed by atoms with van der Waals surface area (Å²) in [7, 11) is -5.31. The number of nitrogens with one attached hydrogen (secondary N) is 1. The van der Waals surface area contributed by atoms with Gasteiger partial charge in [-0.25, -0.2) is 21.4 Å². The van der Waals surface area contributed by atoms with Gasteiger partial charge in [0.2, 0.25) is 10.0 Å². The lowest BCUT2D eigenvalue weighted by molar-refractivity contribution is 0.181. The van der Waals surface area contributed by atoms with Crippen LogP contribution in [0.1, 0.15) is 5.56 Å². The Labute approximate surface area is 216 Å². The van der Waals surface area contributed by atoms with Gasteiger partial charge in [-0.05, 0) is 54.1 Å². The Kier molecular flexibility index (Phi) is 7.29. The molecule has 1 aromatic heterocycles. The monoisotopic (exact) mass is 542 g/mol. The minimum absolute atomic E-state index is 0.135. The van der Waals surface area contributed by atoms with Crippen LogP contribution in [0.25, 0.3) is 10.9 Å². The van der Waals surface area contributed by atoms with Crippen molar-refractivity contribution in [3.8, 4) is 0 Å². The highest BCUT2D eigenvalue weighted by Crippen LogP contribution is 2.24. The number of halogens is 2. The van der Waals surface area contributed by atoms with E-state index in [4.69, 9.17) is 0 Å². The van der Waals surface area contributed by atoms with Crippen LogP contribution < -0.4 is 4.72 Å². The van der Waals surface area contributed by atoms with E-state index in [-0.39, 0.29) is 18.0 Å². The van der Waals surface area contributed by atoms with Gasteiger partial charge in [0, 0.05) is 56.1 Å². The number of piperazine rings is 1. The normalized spacial score (nSPS) is 16.1. The highest BCUT2D eigenvalue weighted by atomic mass is 32.2. The van der Waals surface area contributed by atoms with Gasteiger partial charge in [-0.2, -0.15) is 4.31 Å². The molecule has 0 radical (unpaired) electrons. The zero-order valence-corrected chi connectivity index (χ0v) is 21.3. The SMILES string of the molecule is O=S(Nc1ccc(S(=O)(=O)N2CCN(Cc3cc(F)cc(F)c3)CC2)cc1)c1cccc2cccnc12. The van der Waals surface area contributed by atoms with Crippen LogP contribution in [0.5, 0.6) is 0 Å². The van der Waals surface area contributed by atoms with Crippen molar-refractivity contribution in [3.63, 3.8) is 0 Å². The van der Waals surface area contributed by atoms with Gasteiger partial charge < -0.3 is 4.72 Å². The summed E-state index contributed by atoms with van der Waals surface area (Å²) in [6, 6.07) is 18.7. The first-order chi connectivity index (χ1) is 17.8. The third kappa shape index (κ3) is 5.69. The third-order valence-electron chi connectivity index (χ3n) is 6.16. The van der Waals surface area contributed by atoms with Gasteiger partial charge in [-0.3, -0.25) is 9.88 Å². The van der Waals surface area contributed by atoms with E-state index in [0.29, 0.717) is 41.3 Å². The van der Waals surface area contributed by atoms with Crippen molar-refractivity contribution in [3.05, 3.63) is 96.2 Å². The van der Waals surface area contributed by atoms with Crippen molar-refractivity contribution in [2.75, 3.05) is 30.9 Å². The number of fused-ring (bicyclic) bond motifs is 1. The molecule has 1 aliphatic heterocycles. The fourth-order valence-corrected chi connectivity index (χ4v) is 6.75. The van der Waals surface area contributed by atoms with Crippen LogP contribution in [0, 0.1) is 11.6 Å². The molecule has 1 aliphatic rings. The number of nitrogens with zero attached hydrogens (tertiary/aromatic N) is 3. The fraction of sp³-hybridized carbons (Fsp3) is 0.192. The molecule has 11 heteroatoms. The molecule has 0 aliphatic carbocycles. The maximum absolute atomic E-state index is 13.5. The summed E-state index contributed by atoms with van der Waals surface area (Å²) in [5, 5.41) is 0.875. The van der Waals surface area contributed by atoms with Gasteiger partial charge in [-0.1, -0.05) is 18.2 Å². The van der Waals surface area contributed by atoms with Gasteiger partial charge in [0.05, 0.1) is 15.3 Å². The Hall–Kier alpha value is -3.25. The van der Waals surface area contributed by atoms with Crippen molar-refractivity contribution in [2.45, 2.75) is 16.3 Å². The summed E-state index contributed by atoms with van der Waals surface area (Å²) < 4.78 is 70.5. The zero-order valence-electron chi connectivity index (χ0n) is 19.7. The number of para-hydroxylation sites is 1. The van der Waals surface area contributed by atoms with Crippen molar-refractivity contribution >= 4 is 37.6 Å². The molecule has 1 atom stereocenters. The summed E-state index contributed by atoms with van der Waals surface area (Å²) in [5.74, 6) is -1.27. The summed E-state index contributed by atoms with van der Waals surface area (Å²) in [6.45, 7) is 1.74. The molecule has 7 nitrogen and oxygen atoms in total. The number of hydrogen-bond donors (Lipinski definition) is 1. The molecule has 5 rings (SSSR count). The van der Waals surface area contributed by atoms with Crippen LogP contribution in [0.2, 0.25) is 0 Å². The van der Waals surface area contributed by atoms with Gasteiger partial charge in [-0.15, -0.1) is 0 Å². The number of rotatable bonds is 7. The van der Waals surface area contributed by atoms with E-state index < -0.39 is 32.6 Å². The van der Waals surface area contributed by atoms with E-state index in [1.54, 1.807) is 24.4 Å². The Morgan fingerprint density at radius 3 is 2.27 bits per heavy atom. The Balaban J connectivity index is 1.22. The van der Waals surface area contributed by atoms with Crippen LogP contribution in [-0.2, 0) is 27.6 Å². The smallest absolute Gasteiger partial charge is 0.243 e. The molecule has 4 aromatic rings. The van der Waals surface area contributed by atoms with E-state index >= 15 is 0 Å². The van der Waals surface area contributed by atoms with Crippen LogP contribution in [0.4, 0.5) is 14.5 Å². The molecule has 1 fully saturated rings. The average Bonchev–Trinajstić information content (AvgIpc) is 2.88. The average molecular weight is 543 g/mol. The minimum Gasteiger partial charge on any atom is -0.301 e. The molecule has 0 bridgehead atoms. The number of anilines is 1. The fourth-order valence-electron chi connectivity index (χ4n) is 4.32. The largest absolute Gasteiger partial charge is 0.301 e. The van der Waals surface area contributed by atoms with E-state index in [1.165, 1.54) is 28.6 Å². The first-order valence-corrected chi connectivity index (χ1v) is 14.2. The predicted molar refractivity (Wildman–Crippen MR) is 139 cm³/mol. The molecule has 2 heterocycles. The molecule has 0 amide bonds. The van der Waals surface area contributed by atoms with Crippen LogP contribution in [0.3, 0.4) is 0 Å². The molecule has 0 spiro atoms. The van der Waals surface area contributed by atoms with Crippen molar-refractivity contribution in [2.24, 2.45) is 0 Å². The van der Waals surface area contributed by atoms with E-state index in [1.807, 2.05) is 29.2 Å². The lowest BCUT2D eigenvalue weighted by atomic mass is 10.2. The molecule has 37 heavy (non-hydrogen) atoms. The molecule has 1 saturated heterocycles. The standard InChI is InChI=1S/C26H24F2N4O3S2/c27-21-15-19(16-22(28)17-21)18-31-11-13-32(14-12-31)37(34,35)24-8-6-23(7-9-24)30-36(33)25-5-1-3-20-4-2-10-29-26(20)25/h1-10,15-17,30H,11-14,18H2. The lowest BCUT2D eigenvalue weighted by Crippen LogP contribution is -2.48. The predicted octanol–water partition coefficient (Wildman–Crippen LogP) is 4.15. The quantitative estimate of drug-likeness (QED) is 0.379. The van der Waals surface area contributed by atoms with E-state index in [9.17, 15) is 21.4 Å². The highest BCUT2D eigenvalue weighted by molar-refractivity contribution is 7.89. The number of hydrogen-bond acceptors (Lipinski definition) is 5. The van der Waals surface area contributed by atoms with Gasteiger partial charge in [0.1, 0.15) is 11.6 Å². The number of aromatic nitrogens is 1. The summed E-state index contributed by atoms with van der Waals surface area (Å²) in [4.78, 5) is 6.96. The van der Waals surface area contributed by atoms with Crippen LogP contribution >= 0.6 is 0 Å².